The van der Waals surface area contributed by atoms with Crippen LogP contribution in [0.15, 0.2) is 4.52 Å². The monoisotopic (exact) mass is 297 g/mol. The Bertz CT molecular complexity index is 420. The van der Waals surface area contributed by atoms with Crippen LogP contribution in [-0.4, -0.2) is 41.2 Å². The van der Waals surface area contributed by atoms with E-state index in [0.29, 0.717) is 12.6 Å². The van der Waals surface area contributed by atoms with Gasteiger partial charge in [0.25, 0.3) is 0 Å². The molecule has 0 spiro atoms. The van der Waals surface area contributed by atoms with Crippen molar-refractivity contribution >= 4 is 11.8 Å². The van der Waals surface area contributed by atoms with Crippen LogP contribution in [0.3, 0.4) is 0 Å². The van der Waals surface area contributed by atoms with Gasteiger partial charge in [-0.05, 0) is 19.4 Å². The van der Waals surface area contributed by atoms with Crippen LogP contribution >= 0.6 is 11.8 Å². The lowest BCUT2D eigenvalue weighted by atomic mass is 10.0. The number of ether oxygens (including phenoxy) is 1. The summed E-state index contributed by atoms with van der Waals surface area (Å²) in [5.74, 6) is 2.63. The molecular weight excluding hydrogens is 274 g/mol. The van der Waals surface area contributed by atoms with Crippen molar-refractivity contribution in [2.45, 2.75) is 55.6 Å². The van der Waals surface area contributed by atoms with E-state index < -0.39 is 0 Å². The molecular formula is C14H23N3O2S. The Balaban J connectivity index is 1.55. The topological polar surface area (TPSA) is 60.2 Å². The van der Waals surface area contributed by atoms with Gasteiger partial charge >= 0.3 is 0 Å². The van der Waals surface area contributed by atoms with Crippen LogP contribution in [-0.2, 0) is 10.5 Å². The smallest absolute Gasteiger partial charge is 0.233 e. The van der Waals surface area contributed by atoms with Crippen molar-refractivity contribution in [2.75, 3.05) is 19.8 Å². The van der Waals surface area contributed by atoms with Crippen LogP contribution in [0.2, 0.25) is 0 Å². The summed E-state index contributed by atoms with van der Waals surface area (Å²) in [4.78, 5) is 4.57. The number of nitrogens with one attached hydrogen (secondary N) is 1. The second kappa shape index (κ2) is 6.91. The van der Waals surface area contributed by atoms with E-state index in [1.54, 1.807) is 0 Å². The van der Waals surface area contributed by atoms with Crippen LogP contribution in [0.25, 0.3) is 0 Å². The molecule has 1 aromatic rings. The summed E-state index contributed by atoms with van der Waals surface area (Å²) in [6.45, 7) is 4.44. The summed E-state index contributed by atoms with van der Waals surface area (Å²) >= 11 is 1.97. The van der Waals surface area contributed by atoms with E-state index in [1.165, 1.54) is 25.7 Å². The van der Waals surface area contributed by atoms with Crippen LogP contribution in [0.4, 0.5) is 0 Å². The highest BCUT2D eigenvalue weighted by molar-refractivity contribution is 7.99. The highest BCUT2D eigenvalue weighted by Gasteiger charge is 2.33. The molecule has 0 aromatic carbocycles. The SMILES string of the molecule is CCNC1COCC1c1nc(CSC2CCCC2)no1. The largest absolute Gasteiger partial charge is 0.379 e. The number of hydrogen-bond acceptors (Lipinski definition) is 6. The van der Waals surface area contributed by atoms with E-state index in [-0.39, 0.29) is 5.92 Å². The van der Waals surface area contributed by atoms with Gasteiger partial charge in [0, 0.05) is 11.3 Å². The molecule has 2 fully saturated rings. The number of thioether (sulfide) groups is 1. The molecule has 2 unspecified atom stereocenters. The third-order valence-corrected chi connectivity index (χ3v) is 5.47. The Morgan fingerprint density at radius 1 is 1.30 bits per heavy atom. The first kappa shape index (κ1) is 14.4. The van der Waals surface area contributed by atoms with E-state index >= 15 is 0 Å². The zero-order chi connectivity index (χ0) is 13.8. The minimum Gasteiger partial charge on any atom is -0.379 e. The Morgan fingerprint density at radius 2 is 2.15 bits per heavy atom. The molecule has 5 nitrogen and oxygen atoms in total. The minimum absolute atomic E-state index is 0.202. The van der Waals surface area contributed by atoms with Gasteiger partial charge in [-0.3, -0.25) is 0 Å². The van der Waals surface area contributed by atoms with Gasteiger partial charge in [-0.15, -0.1) is 0 Å². The molecule has 1 aliphatic carbocycles. The number of hydrogen-bond donors (Lipinski definition) is 1. The molecule has 2 heterocycles. The van der Waals surface area contributed by atoms with Gasteiger partial charge in [0.2, 0.25) is 5.89 Å². The molecule has 112 valence electrons. The Kier molecular flexibility index (Phi) is 4.96. The Labute approximate surface area is 124 Å². The summed E-state index contributed by atoms with van der Waals surface area (Å²) in [5.41, 5.74) is 0. The summed E-state index contributed by atoms with van der Waals surface area (Å²) in [6.07, 6.45) is 5.43. The highest BCUT2D eigenvalue weighted by atomic mass is 32.2. The average molecular weight is 297 g/mol. The van der Waals surface area contributed by atoms with E-state index in [2.05, 4.69) is 22.4 Å². The Hall–Kier alpha value is -0.590. The van der Waals surface area contributed by atoms with E-state index in [0.717, 1.165) is 35.9 Å². The van der Waals surface area contributed by atoms with Crippen molar-refractivity contribution in [3.8, 4) is 0 Å². The molecule has 0 radical (unpaired) electrons. The van der Waals surface area contributed by atoms with Gasteiger partial charge in [-0.1, -0.05) is 24.9 Å². The molecule has 1 aliphatic heterocycles. The maximum absolute atomic E-state index is 5.53. The van der Waals surface area contributed by atoms with Crippen molar-refractivity contribution in [1.29, 1.82) is 0 Å². The van der Waals surface area contributed by atoms with Gasteiger partial charge in [0.05, 0.1) is 24.9 Å². The van der Waals surface area contributed by atoms with Crippen LogP contribution < -0.4 is 5.32 Å². The zero-order valence-corrected chi connectivity index (χ0v) is 12.8. The van der Waals surface area contributed by atoms with Crippen molar-refractivity contribution < 1.29 is 9.26 Å². The molecule has 2 aliphatic rings. The lowest BCUT2D eigenvalue weighted by Crippen LogP contribution is -2.34. The molecule has 1 aromatic heterocycles. The predicted octanol–water partition coefficient (Wildman–Crippen LogP) is 2.34. The predicted molar refractivity (Wildman–Crippen MR) is 78.9 cm³/mol. The maximum Gasteiger partial charge on any atom is 0.233 e. The molecule has 0 amide bonds. The van der Waals surface area contributed by atoms with Gasteiger partial charge in [-0.25, -0.2) is 0 Å². The molecule has 1 saturated carbocycles. The van der Waals surface area contributed by atoms with Crippen LogP contribution in [0.5, 0.6) is 0 Å². The van der Waals surface area contributed by atoms with Crippen molar-refractivity contribution in [1.82, 2.24) is 15.5 Å². The molecule has 1 N–H and O–H groups in total. The summed E-state index contributed by atoms with van der Waals surface area (Å²) in [5, 5.41) is 8.34. The third-order valence-electron chi connectivity index (χ3n) is 4.10. The van der Waals surface area contributed by atoms with E-state index in [1.807, 2.05) is 11.8 Å². The van der Waals surface area contributed by atoms with Gasteiger partial charge in [-0.2, -0.15) is 16.7 Å². The first-order valence-corrected chi connectivity index (χ1v) is 8.67. The summed E-state index contributed by atoms with van der Waals surface area (Å²) < 4.78 is 11.0. The minimum atomic E-state index is 0.202. The summed E-state index contributed by atoms with van der Waals surface area (Å²) in [7, 11) is 0. The van der Waals surface area contributed by atoms with E-state index in [4.69, 9.17) is 9.26 Å². The first-order chi connectivity index (χ1) is 9.86. The molecule has 2 atom stereocenters. The molecule has 0 bridgehead atoms. The quantitative estimate of drug-likeness (QED) is 0.869. The summed E-state index contributed by atoms with van der Waals surface area (Å²) in [6, 6.07) is 0.302. The highest BCUT2D eigenvalue weighted by Crippen LogP contribution is 2.31. The maximum atomic E-state index is 5.53. The lowest BCUT2D eigenvalue weighted by Gasteiger charge is -2.13. The molecule has 3 rings (SSSR count). The fourth-order valence-electron chi connectivity index (χ4n) is 2.99. The van der Waals surface area contributed by atoms with Gasteiger partial charge < -0.3 is 14.6 Å². The van der Waals surface area contributed by atoms with Crippen molar-refractivity contribution in [3.05, 3.63) is 11.7 Å². The van der Waals surface area contributed by atoms with Gasteiger partial charge in [0.15, 0.2) is 5.82 Å². The van der Waals surface area contributed by atoms with Crippen molar-refractivity contribution in [3.63, 3.8) is 0 Å². The number of rotatable bonds is 6. The fraction of sp³-hybridized carbons (Fsp3) is 0.857. The molecule has 6 heteroatoms. The average Bonchev–Trinajstić information content (AvgIpc) is 3.18. The van der Waals surface area contributed by atoms with Crippen molar-refractivity contribution in [2.24, 2.45) is 0 Å². The second-order valence-corrected chi connectivity index (χ2v) is 6.86. The Morgan fingerprint density at radius 3 is 2.95 bits per heavy atom. The number of aromatic nitrogens is 2. The van der Waals surface area contributed by atoms with Crippen LogP contribution in [0, 0.1) is 0 Å². The first-order valence-electron chi connectivity index (χ1n) is 7.62. The lowest BCUT2D eigenvalue weighted by molar-refractivity contribution is 0.185. The number of nitrogens with zero attached hydrogens (tertiary/aromatic N) is 2. The molecule has 20 heavy (non-hydrogen) atoms. The normalized spacial score (nSPS) is 27.4. The van der Waals surface area contributed by atoms with Crippen LogP contribution in [0.1, 0.15) is 50.2 Å². The fourth-order valence-corrected chi connectivity index (χ4v) is 4.15. The third kappa shape index (κ3) is 3.35. The van der Waals surface area contributed by atoms with Gasteiger partial charge in [0.1, 0.15) is 0 Å². The standard InChI is InChI=1S/C14H23N3O2S/c1-2-15-12-8-18-7-11(12)14-16-13(17-19-14)9-20-10-5-3-4-6-10/h10-12,15H,2-9H2,1H3. The van der Waals surface area contributed by atoms with E-state index in [9.17, 15) is 0 Å². The second-order valence-electron chi connectivity index (χ2n) is 5.57. The number of likely N-dealkylation sites (N-methyl/N-ethyl adjacent to an activating group) is 1. The zero-order valence-electron chi connectivity index (χ0n) is 12.0. The molecule has 1 saturated heterocycles.